The number of hydrogen-bond donors (Lipinski definition) is 1. The van der Waals surface area contributed by atoms with Crippen LogP contribution in [0.3, 0.4) is 0 Å². The smallest absolute Gasteiger partial charge is 0.348 e. The summed E-state index contributed by atoms with van der Waals surface area (Å²) in [5.74, 6) is -0.250. The molecule has 1 saturated carbocycles. The van der Waals surface area contributed by atoms with Crippen molar-refractivity contribution in [3.05, 3.63) is 21.9 Å². The molecular formula is C11H15NO2S. The van der Waals surface area contributed by atoms with Gasteiger partial charge >= 0.3 is 5.97 Å². The van der Waals surface area contributed by atoms with Crippen LogP contribution >= 0.6 is 11.3 Å². The molecule has 2 rings (SSSR count). The van der Waals surface area contributed by atoms with Crippen LogP contribution in [0.15, 0.2) is 12.1 Å². The fourth-order valence-electron chi connectivity index (χ4n) is 1.51. The molecule has 1 fully saturated rings. The third-order valence-corrected chi connectivity index (χ3v) is 3.93. The lowest BCUT2D eigenvalue weighted by Gasteiger charge is -2.05. The first-order valence-corrected chi connectivity index (χ1v) is 5.90. The van der Waals surface area contributed by atoms with Crippen molar-refractivity contribution in [2.45, 2.75) is 31.2 Å². The highest BCUT2D eigenvalue weighted by Crippen LogP contribution is 2.37. The maximum absolute atomic E-state index is 11.2. The van der Waals surface area contributed by atoms with Crippen LogP contribution in [0.1, 0.15) is 33.8 Å². The third-order valence-electron chi connectivity index (χ3n) is 2.81. The molecule has 0 atom stereocenters. The van der Waals surface area contributed by atoms with Crippen molar-refractivity contribution in [3.63, 3.8) is 0 Å². The van der Waals surface area contributed by atoms with Gasteiger partial charge in [-0.2, -0.15) is 0 Å². The number of carbonyl (C=O) groups excluding carboxylic acids is 1. The zero-order valence-corrected chi connectivity index (χ0v) is 9.60. The van der Waals surface area contributed by atoms with E-state index in [4.69, 9.17) is 5.73 Å². The SMILES string of the molecule is COC(=O)c1ccc(CCC2(N)CC2)s1. The van der Waals surface area contributed by atoms with Crippen molar-refractivity contribution in [1.82, 2.24) is 0 Å². The molecule has 82 valence electrons. The van der Waals surface area contributed by atoms with Crippen molar-refractivity contribution in [1.29, 1.82) is 0 Å². The molecule has 0 radical (unpaired) electrons. The molecule has 0 aliphatic heterocycles. The van der Waals surface area contributed by atoms with Crippen LogP contribution in [-0.4, -0.2) is 18.6 Å². The first kappa shape index (κ1) is 10.6. The van der Waals surface area contributed by atoms with Crippen molar-refractivity contribution in [3.8, 4) is 0 Å². The molecular weight excluding hydrogens is 210 g/mol. The second-order valence-corrected chi connectivity index (χ2v) is 5.29. The van der Waals surface area contributed by atoms with Gasteiger partial charge in [0.25, 0.3) is 0 Å². The minimum absolute atomic E-state index is 0.0927. The number of aryl methyl sites for hydroxylation is 1. The molecule has 1 aromatic heterocycles. The molecule has 0 spiro atoms. The van der Waals surface area contributed by atoms with E-state index in [0.717, 1.165) is 25.7 Å². The Labute approximate surface area is 93.2 Å². The molecule has 1 aromatic rings. The second-order valence-electron chi connectivity index (χ2n) is 4.12. The second kappa shape index (κ2) is 3.94. The Bertz CT molecular complexity index is 368. The normalized spacial score (nSPS) is 17.5. The van der Waals surface area contributed by atoms with E-state index < -0.39 is 0 Å². The van der Waals surface area contributed by atoms with E-state index in [2.05, 4.69) is 4.74 Å². The molecule has 1 aliphatic carbocycles. The quantitative estimate of drug-likeness (QED) is 0.797. The van der Waals surface area contributed by atoms with Gasteiger partial charge in [0.15, 0.2) is 0 Å². The average Bonchev–Trinajstić information content (AvgIpc) is 2.81. The van der Waals surface area contributed by atoms with Crippen LogP contribution in [0, 0.1) is 0 Å². The van der Waals surface area contributed by atoms with Crippen molar-refractivity contribution in [2.24, 2.45) is 5.73 Å². The summed E-state index contributed by atoms with van der Waals surface area (Å²) in [6.45, 7) is 0. The van der Waals surface area contributed by atoms with E-state index in [0.29, 0.717) is 4.88 Å². The number of rotatable bonds is 4. The number of ether oxygens (including phenoxy) is 1. The summed E-state index contributed by atoms with van der Waals surface area (Å²) in [7, 11) is 1.40. The van der Waals surface area contributed by atoms with Gasteiger partial charge in [0, 0.05) is 10.4 Å². The molecule has 0 unspecified atom stereocenters. The predicted octanol–water partition coefficient (Wildman–Crippen LogP) is 1.96. The van der Waals surface area contributed by atoms with Crippen LogP contribution in [0.5, 0.6) is 0 Å². The van der Waals surface area contributed by atoms with E-state index in [1.165, 1.54) is 23.3 Å². The number of esters is 1. The number of carbonyl (C=O) groups is 1. The van der Waals surface area contributed by atoms with Crippen LogP contribution in [-0.2, 0) is 11.2 Å². The topological polar surface area (TPSA) is 52.3 Å². The fraction of sp³-hybridized carbons (Fsp3) is 0.545. The molecule has 1 heterocycles. The van der Waals surface area contributed by atoms with Crippen LogP contribution in [0.25, 0.3) is 0 Å². The number of hydrogen-bond acceptors (Lipinski definition) is 4. The molecule has 15 heavy (non-hydrogen) atoms. The Morgan fingerprint density at radius 3 is 2.93 bits per heavy atom. The standard InChI is InChI=1S/C11H15NO2S/c1-14-10(13)9-3-2-8(15-9)4-5-11(12)6-7-11/h2-3H,4-7,12H2,1H3. The minimum atomic E-state index is -0.250. The lowest BCUT2D eigenvalue weighted by atomic mass is 10.1. The Morgan fingerprint density at radius 2 is 2.33 bits per heavy atom. The number of methoxy groups -OCH3 is 1. The van der Waals surface area contributed by atoms with Crippen LogP contribution in [0.2, 0.25) is 0 Å². The number of nitrogens with two attached hydrogens (primary N) is 1. The molecule has 0 bridgehead atoms. The van der Waals surface area contributed by atoms with E-state index in [1.54, 1.807) is 0 Å². The van der Waals surface area contributed by atoms with E-state index in [-0.39, 0.29) is 11.5 Å². The van der Waals surface area contributed by atoms with Gasteiger partial charge in [-0.25, -0.2) is 4.79 Å². The molecule has 0 amide bonds. The van der Waals surface area contributed by atoms with Gasteiger partial charge in [-0.1, -0.05) is 0 Å². The van der Waals surface area contributed by atoms with E-state index in [1.807, 2.05) is 12.1 Å². The Morgan fingerprint density at radius 1 is 1.60 bits per heavy atom. The average molecular weight is 225 g/mol. The van der Waals surface area contributed by atoms with Gasteiger partial charge in [-0.05, 0) is 37.8 Å². The molecule has 0 saturated heterocycles. The number of thiophene rings is 1. The zero-order chi connectivity index (χ0) is 10.9. The highest BCUT2D eigenvalue weighted by molar-refractivity contribution is 7.13. The minimum Gasteiger partial charge on any atom is -0.465 e. The van der Waals surface area contributed by atoms with E-state index >= 15 is 0 Å². The van der Waals surface area contributed by atoms with Crippen LogP contribution in [0.4, 0.5) is 0 Å². The van der Waals surface area contributed by atoms with Crippen molar-refractivity contribution < 1.29 is 9.53 Å². The van der Waals surface area contributed by atoms with Crippen molar-refractivity contribution >= 4 is 17.3 Å². The molecule has 3 nitrogen and oxygen atoms in total. The monoisotopic (exact) mass is 225 g/mol. The zero-order valence-electron chi connectivity index (χ0n) is 8.79. The molecule has 0 aromatic carbocycles. The molecule has 4 heteroatoms. The maximum atomic E-state index is 11.2. The molecule has 1 aliphatic rings. The summed E-state index contributed by atoms with van der Waals surface area (Å²) in [4.78, 5) is 13.1. The van der Waals surface area contributed by atoms with Crippen LogP contribution < -0.4 is 5.73 Å². The summed E-state index contributed by atoms with van der Waals surface area (Å²) in [6.07, 6.45) is 4.27. The van der Waals surface area contributed by atoms with Gasteiger partial charge < -0.3 is 10.5 Å². The van der Waals surface area contributed by atoms with E-state index in [9.17, 15) is 4.79 Å². The first-order valence-electron chi connectivity index (χ1n) is 5.09. The summed E-state index contributed by atoms with van der Waals surface area (Å²) in [6, 6.07) is 3.81. The summed E-state index contributed by atoms with van der Waals surface area (Å²) in [5, 5.41) is 0. The Hall–Kier alpha value is -0.870. The highest BCUT2D eigenvalue weighted by Gasteiger charge is 2.37. The third kappa shape index (κ3) is 2.58. The Kier molecular flexibility index (Phi) is 2.80. The first-order chi connectivity index (χ1) is 7.13. The lowest BCUT2D eigenvalue weighted by Crippen LogP contribution is -2.21. The molecule has 2 N–H and O–H groups in total. The fourth-order valence-corrected chi connectivity index (χ4v) is 2.43. The van der Waals surface area contributed by atoms with Gasteiger partial charge in [0.05, 0.1) is 7.11 Å². The predicted molar refractivity (Wildman–Crippen MR) is 60.1 cm³/mol. The van der Waals surface area contributed by atoms with Gasteiger partial charge in [-0.3, -0.25) is 0 Å². The summed E-state index contributed by atoms with van der Waals surface area (Å²) >= 11 is 1.50. The lowest BCUT2D eigenvalue weighted by molar-refractivity contribution is 0.0606. The van der Waals surface area contributed by atoms with Gasteiger partial charge in [-0.15, -0.1) is 11.3 Å². The van der Waals surface area contributed by atoms with Gasteiger partial charge in [0.2, 0.25) is 0 Å². The van der Waals surface area contributed by atoms with Gasteiger partial charge in [0.1, 0.15) is 4.88 Å². The summed E-state index contributed by atoms with van der Waals surface area (Å²) < 4.78 is 4.65. The highest BCUT2D eigenvalue weighted by atomic mass is 32.1. The maximum Gasteiger partial charge on any atom is 0.348 e. The Balaban J connectivity index is 1.92. The largest absolute Gasteiger partial charge is 0.465 e. The van der Waals surface area contributed by atoms with Crippen molar-refractivity contribution in [2.75, 3.05) is 7.11 Å². The summed E-state index contributed by atoms with van der Waals surface area (Å²) in [5.41, 5.74) is 6.09.